The monoisotopic (exact) mass is 517 g/mol. The Kier molecular flexibility index (Phi) is 10.1. The fourth-order valence-electron chi connectivity index (χ4n) is 1.50. The molecule has 0 rings (SSSR count). The van der Waals surface area contributed by atoms with E-state index in [0.29, 0.717) is 5.32 Å². The van der Waals surface area contributed by atoms with Crippen LogP contribution in [0.15, 0.2) is 0 Å². The summed E-state index contributed by atoms with van der Waals surface area (Å²) in [6, 6.07) is 0. The molecule has 0 radical (unpaired) electrons. The van der Waals surface area contributed by atoms with Gasteiger partial charge in [0.2, 0.25) is 0 Å². The molecular weight excluding hydrogens is 503 g/mol. The molecule has 0 aliphatic rings. The van der Waals surface area contributed by atoms with Crippen molar-refractivity contribution in [1.82, 2.24) is 5.32 Å². The second kappa shape index (κ2) is 9.98. The van der Waals surface area contributed by atoms with E-state index in [1.807, 2.05) is 13.8 Å². The predicted octanol–water partition coefficient (Wildman–Crippen LogP) is 5.67. The number of alkyl halides is 15. The molecule has 0 saturated carbocycles. The number of hydrogen-bond donors (Lipinski definition) is 2. The number of hydrogen-bond acceptors (Lipinski definition) is 2. The van der Waals surface area contributed by atoms with Crippen LogP contribution in [0.25, 0.3) is 0 Å². The maximum absolute atomic E-state index is 13.1. The van der Waals surface area contributed by atoms with E-state index in [1.165, 1.54) is 0 Å². The lowest BCUT2D eigenvalue weighted by molar-refractivity contribution is -0.451. The highest BCUT2D eigenvalue weighted by atomic mass is 19.4. The first-order valence-corrected chi connectivity index (χ1v) is 7.71. The van der Waals surface area contributed by atoms with Gasteiger partial charge in [0.25, 0.3) is 0 Å². The molecule has 0 aliphatic carbocycles. The lowest BCUT2D eigenvalue weighted by atomic mass is 9.91. The summed E-state index contributed by atoms with van der Waals surface area (Å²) in [5.41, 5.74) is 0. The Morgan fingerprint density at radius 3 is 1.22 bits per heavy atom. The van der Waals surface area contributed by atoms with E-state index in [-0.39, 0.29) is 0 Å². The number of halogens is 15. The van der Waals surface area contributed by atoms with Crippen LogP contribution in [0, 0.1) is 0 Å². The fourth-order valence-corrected chi connectivity index (χ4v) is 1.50. The summed E-state index contributed by atoms with van der Waals surface area (Å²) >= 11 is 0. The molecule has 4 nitrogen and oxygen atoms in total. The van der Waals surface area contributed by atoms with Crippen LogP contribution < -0.4 is 5.32 Å². The maximum Gasteiger partial charge on any atom is 0.460 e. The Balaban J connectivity index is 0. The summed E-state index contributed by atoms with van der Waals surface area (Å²) in [5.74, 6) is -47.3. The Labute approximate surface area is 168 Å². The molecule has 0 heterocycles. The molecule has 0 aliphatic heterocycles. The molecule has 0 spiro atoms. The van der Waals surface area contributed by atoms with Crippen molar-refractivity contribution in [1.29, 1.82) is 0 Å². The zero-order valence-electron chi connectivity index (χ0n) is 15.6. The molecule has 0 fully saturated rings. The minimum absolute atomic E-state index is 0.301. The van der Waals surface area contributed by atoms with E-state index >= 15 is 0 Å². The van der Waals surface area contributed by atoms with E-state index in [1.54, 1.807) is 0 Å². The average Bonchev–Trinajstić information content (AvgIpc) is 2.59. The second-order valence-electron chi connectivity index (χ2n) is 5.51. The van der Waals surface area contributed by atoms with Crippen LogP contribution in [-0.2, 0) is 4.74 Å². The number of ether oxygens (including phenoxy) is 1. The highest BCUT2D eigenvalue weighted by Gasteiger charge is 2.93. The Morgan fingerprint density at radius 1 is 0.656 bits per heavy atom. The van der Waals surface area contributed by atoms with Crippen LogP contribution >= 0.6 is 0 Å². The average molecular weight is 517 g/mol. The van der Waals surface area contributed by atoms with E-state index < -0.39 is 54.3 Å². The topological polar surface area (TPSA) is 58.6 Å². The highest BCUT2D eigenvalue weighted by Crippen LogP contribution is 2.62. The number of carbonyl (C=O) groups is 1. The number of nitrogens with one attached hydrogen (secondary N) is 1. The van der Waals surface area contributed by atoms with Gasteiger partial charge in [-0.1, -0.05) is 0 Å². The first kappa shape index (κ1) is 32.4. The zero-order chi connectivity index (χ0) is 26.6. The van der Waals surface area contributed by atoms with Gasteiger partial charge in [-0.3, -0.25) is 0 Å². The number of rotatable bonds is 9. The van der Waals surface area contributed by atoms with Gasteiger partial charge < -0.3 is 15.2 Å². The van der Waals surface area contributed by atoms with Gasteiger partial charge >= 0.3 is 47.8 Å². The van der Waals surface area contributed by atoms with Crippen molar-refractivity contribution in [3.05, 3.63) is 0 Å². The van der Waals surface area contributed by atoms with Gasteiger partial charge in [0.1, 0.15) is 0 Å². The molecule has 2 N–H and O–H groups in total. The maximum atomic E-state index is 13.1. The second-order valence-corrected chi connectivity index (χ2v) is 5.51. The lowest BCUT2D eigenvalue weighted by Crippen LogP contribution is -2.73. The molecular formula is C13H14F15NO3. The quantitative estimate of drug-likeness (QED) is 0.388. The molecule has 0 aromatic heterocycles. The van der Waals surface area contributed by atoms with Gasteiger partial charge in [-0.15, -0.1) is 0 Å². The molecule has 0 bridgehead atoms. The van der Waals surface area contributed by atoms with Gasteiger partial charge in [-0.05, 0) is 13.8 Å². The highest BCUT2D eigenvalue weighted by molar-refractivity contribution is 5.64. The summed E-state index contributed by atoms with van der Waals surface area (Å²) in [4.78, 5) is 9.85. The first-order valence-electron chi connectivity index (χ1n) is 7.71. The minimum Gasteiger partial charge on any atom is -0.465 e. The van der Waals surface area contributed by atoms with E-state index in [2.05, 4.69) is 0 Å². The van der Waals surface area contributed by atoms with Gasteiger partial charge in [0, 0.05) is 13.2 Å². The third kappa shape index (κ3) is 5.75. The van der Waals surface area contributed by atoms with Crippen LogP contribution in [-0.4, -0.2) is 72.7 Å². The lowest BCUT2D eigenvalue weighted by Gasteiger charge is -2.41. The van der Waals surface area contributed by atoms with Crippen LogP contribution in [0.3, 0.4) is 0 Å². The Bertz CT molecular complexity index is 616. The number of amides is 1. The molecule has 0 unspecified atom stereocenters. The van der Waals surface area contributed by atoms with Crippen LogP contribution in [0.4, 0.5) is 70.7 Å². The summed E-state index contributed by atoms with van der Waals surface area (Å²) < 4.78 is 195. The Morgan fingerprint density at radius 2 is 0.969 bits per heavy atom. The van der Waals surface area contributed by atoms with Crippen LogP contribution in [0.2, 0.25) is 0 Å². The van der Waals surface area contributed by atoms with Crippen LogP contribution in [0.5, 0.6) is 0 Å². The summed E-state index contributed by atoms with van der Waals surface area (Å²) in [5, 5.41) is 8.16. The molecule has 194 valence electrons. The van der Waals surface area contributed by atoms with E-state index in [0.717, 1.165) is 13.2 Å². The zero-order valence-corrected chi connectivity index (χ0v) is 15.6. The molecule has 32 heavy (non-hydrogen) atoms. The molecule has 0 aromatic rings. The van der Waals surface area contributed by atoms with E-state index in [4.69, 9.17) is 9.84 Å². The van der Waals surface area contributed by atoms with E-state index in [9.17, 15) is 70.7 Å². The van der Waals surface area contributed by atoms with Crippen molar-refractivity contribution in [2.24, 2.45) is 0 Å². The smallest absolute Gasteiger partial charge is 0.460 e. The van der Waals surface area contributed by atoms with Crippen molar-refractivity contribution >= 4 is 6.09 Å². The van der Waals surface area contributed by atoms with Crippen molar-refractivity contribution in [3.63, 3.8) is 0 Å². The first-order chi connectivity index (χ1) is 13.8. The SMILES string of the molecule is CCOCC.O=C(O)NCC(F)(F)C(F)(F)C(F)(F)C(F)(F)C(F)(F)C(F)(F)C(F)(F)F. The standard InChI is InChI=1S/C9H4F15NO2.C4H10O/c10-3(11,1-25-2(26)27)4(12,13)5(14,15)6(16,17)7(18,19)8(20,21)9(22,23)24;1-3-5-4-2/h25H,1H2,(H,26,27);3-4H2,1-2H3. The summed E-state index contributed by atoms with van der Waals surface area (Å²) in [6.07, 6.45) is -10.3. The number of carboxylic acid groups (broad SMARTS) is 1. The third-order valence-corrected chi connectivity index (χ3v) is 3.26. The molecule has 0 atom stereocenters. The normalized spacial score (nSPS) is 14.5. The van der Waals surface area contributed by atoms with Gasteiger partial charge in [-0.25, -0.2) is 4.79 Å². The van der Waals surface area contributed by atoms with Crippen molar-refractivity contribution in [2.45, 2.75) is 55.6 Å². The molecule has 1 amide bonds. The van der Waals surface area contributed by atoms with Crippen molar-refractivity contribution in [2.75, 3.05) is 19.8 Å². The Hall–Kier alpha value is -1.82. The van der Waals surface area contributed by atoms with Crippen molar-refractivity contribution in [3.8, 4) is 0 Å². The summed E-state index contributed by atoms with van der Waals surface area (Å²) in [7, 11) is 0. The fraction of sp³-hybridized carbons (Fsp3) is 0.923. The third-order valence-electron chi connectivity index (χ3n) is 3.26. The summed E-state index contributed by atoms with van der Waals surface area (Å²) in [6.45, 7) is 2.56. The molecule has 0 aromatic carbocycles. The predicted molar refractivity (Wildman–Crippen MR) is 73.9 cm³/mol. The minimum atomic E-state index is -8.38. The van der Waals surface area contributed by atoms with Gasteiger partial charge in [0.15, 0.2) is 0 Å². The van der Waals surface area contributed by atoms with Gasteiger partial charge in [0.05, 0.1) is 6.54 Å². The molecule has 0 saturated heterocycles. The van der Waals surface area contributed by atoms with Crippen LogP contribution in [0.1, 0.15) is 13.8 Å². The largest absolute Gasteiger partial charge is 0.465 e. The molecule has 19 heteroatoms. The van der Waals surface area contributed by atoms with Crippen molar-refractivity contribution < 1.29 is 80.5 Å². The van der Waals surface area contributed by atoms with Gasteiger partial charge in [-0.2, -0.15) is 65.9 Å².